The Bertz CT molecular complexity index is 571. The summed E-state index contributed by atoms with van der Waals surface area (Å²) < 4.78 is 6.96. The molecule has 2 rings (SSSR count). The second kappa shape index (κ2) is 7.09. The Labute approximate surface area is 128 Å². The molecule has 0 radical (unpaired) electrons. The molecule has 1 unspecified atom stereocenters. The number of aromatic nitrogens is 2. The fraction of sp³-hybridized carbons (Fsp3) is 0.357. The molecule has 108 valence electrons. The lowest BCUT2D eigenvalue weighted by Gasteiger charge is -2.19. The fourth-order valence-corrected chi connectivity index (χ4v) is 2.61. The summed E-state index contributed by atoms with van der Waals surface area (Å²) in [5.74, 6) is 0. The van der Waals surface area contributed by atoms with Gasteiger partial charge in [-0.15, -0.1) is 0 Å². The van der Waals surface area contributed by atoms with E-state index in [1.165, 1.54) is 0 Å². The minimum absolute atomic E-state index is 0.0689. The van der Waals surface area contributed by atoms with Crippen LogP contribution in [0.2, 0.25) is 10.0 Å². The molecule has 0 fully saturated rings. The van der Waals surface area contributed by atoms with Crippen LogP contribution < -0.4 is 5.32 Å². The van der Waals surface area contributed by atoms with Gasteiger partial charge in [0.05, 0.1) is 36.1 Å². The Morgan fingerprint density at radius 1 is 1.40 bits per heavy atom. The minimum atomic E-state index is -0.0689. The Morgan fingerprint density at radius 3 is 2.85 bits per heavy atom. The molecular formula is C14H17Cl2N3O. The number of hydrogen-bond donors (Lipinski definition) is 1. The SMILES string of the molecule is CNC(c1cccc(Cl)c1)c1c(Cl)cnn1CCOC. The highest BCUT2D eigenvalue weighted by atomic mass is 35.5. The number of benzene rings is 1. The van der Waals surface area contributed by atoms with Crippen molar-refractivity contribution in [2.45, 2.75) is 12.6 Å². The maximum Gasteiger partial charge on any atom is 0.0837 e. The van der Waals surface area contributed by atoms with Gasteiger partial charge >= 0.3 is 0 Å². The van der Waals surface area contributed by atoms with Crippen LogP contribution in [0.15, 0.2) is 30.5 Å². The van der Waals surface area contributed by atoms with E-state index in [0.29, 0.717) is 23.2 Å². The first kappa shape index (κ1) is 15.3. The maximum atomic E-state index is 6.29. The zero-order valence-electron chi connectivity index (χ0n) is 11.4. The second-order valence-corrected chi connectivity index (χ2v) is 5.21. The molecule has 1 aromatic heterocycles. The van der Waals surface area contributed by atoms with Crippen molar-refractivity contribution >= 4 is 23.2 Å². The molecule has 2 aromatic rings. The summed E-state index contributed by atoms with van der Waals surface area (Å²) in [6.07, 6.45) is 1.65. The van der Waals surface area contributed by atoms with Crippen molar-refractivity contribution in [2.75, 3.05) is 20.8 Å². The topological polar surface area (TPSA) is 39.1 Å². The average Bonchev–Trinajstić information content (AvgIpc) is 2.79. The molecule has 6 heteroatoms. The van der Waals surface area contributed by atoms with E-state index in [1.807, 2.05) is 36.0 Å². The van der Waals surface area contributed by atoms with E-state index in [-0.39, 0.29) is 6.04 Å². The highest BCUT2D eigenvalue weighted by Crippen LogP contribution is 2.29. The van der Waals surface area contributed by atoms with Crippen molar-refractivity contribution in [3.63, 3.8) is 0 Å². The van der Waals surface area contributed by atoms with Crippen LogP contribution >= 0.6 is 23.2 Å². The van der Waals surface area contributed by atoms with E-state index in [9.17, 15) is 0 Å². The van der Waals surface area contributed by atoms with Crippen LogP contribution in [0.25, 0.3) is 0 Å². The van der Waals surface area contributed by atoms with Gasteiger partial charge in [0, 0.05) is 12.1 Å². The molecule has 0 bridgehead atoms. The zero-order valence-corrected chi connectivity index (χ0v) is 12.9. The summed E-state index contributed by atoms with van der Waals surface area (Å²) in [5, 5.41) is 8.88. The highest BCUT2D eigenvalue weighted by molar-refractivity contribution is 6.31. The second-order valence-electron chi connectivity index (χ2n) is 4.37. The van der Waals surface area contributed by atoms with Crippen molar-refractivity contribution < 1.29 is 4.74 Å². The third-order valence-corrected chi connectivity index (χ3v) is 3.61. The lowest BCUT2D eigenvalue weighted by Crippen LogP contribution is -2.23. The predicted molar refractivity (Wildman–Crippen MR) is 81.5 cm³/mol. The number of nitrogens with zero attached hydrogens (tertiary/aromatic N) is 2. The number of nitrogens with one attached hydrogen (secondary N) is 1. The predicted octanol–water partition coefficient (Wildman–Crippen LogP) is 3.15. The zero-order chi connectivity index (χ0) is 14.5. The number of rotatable bonds is 6. The van der Waals surface area contributed by atoms with E-state index in [2.05, 4.69) is 10.4 Å². The van der Waals surface area contributed by atoms with Gasteiger partial charge in [0.15, 0.2) is 0 Å². The summed E-state index contributed by atoms with van der Waals surface area (Å²) in [4.78, 5) is 0. The Hall–Kier alpha value is -1.07. The van der Waals surface area contributed by atoms with Crippen molar-refractivity contribution in [1.82, 2.24) is 15.1 Å². The smallest absolute Gasteiger partial charge is 0.0837 e. The Balaban J connectivity index is 2.38. The fourth-order valence-electron chi connectivity index (χ4n) is 2.16. The molecule has 1 atom stereocenters. The standard InChI is InChI=1S/C14H17Cl2N3O/c1-17-13(10-4-3-5-11(15)8-10)14-12(16)9-18-19(14)6-7-20-2/h3-5,8-9,13,17H,6-7H2,1-2H3. The first-order chi connectivity index (χ1) is 9.67. The third-order valence-electron chi connectivity index (χ3n) is 3.08. The van der Waals surface area contributed by atoms with Crippen LogP contribution in [0.4, 0.5) is 0 Å². The summed E-state index contributed by atoms with van der Waals surface area (Å²) in [5.41, 5.74) is 1.95. The Kier molecular flexibility index (Phi) is 5.43. The molecule has 0 spiro atoms. The molecule has 4 nitrogen and oxygen atoms in total. The van der Waals surface area contributed by atoms with Gasteiger partial charge in [-0.3, -0.25) is 4.68 Å². The van der Waals surface area contributed by atoms with Gasteiger partial charge < -0.3 is 10.1 Å². The first-order valence-corrected chi connectivity index (χ1v) is 7.05. The van der Waals surface area contributed by atoms with Crippen LogP contribution in [0, 0.1) is 0 Å². The van der Waals surface area contributed by atoms with E-state index in [1.54, 1.807) is 13.3 Å². The molecule has 1 heterocycles. The van der Waals surface area contributed by atoms with Gasteiger partial charge in [0.25, 0.3) is 0 Å². The molecule has 1 aromatic carbocycles. The van der Waals surface area contributed by atoms with Crippen LogP contribution in [-0.4, -0.2) is 30.5 Å². The lowest BCUT2D eigenvalue weighted by atomic mass is 10.0. The van der Waals surface area contributed by atoms with Crippen LogP contribution in [0.5, 0.6) is 0 Å². The molecular weight excluding hydrogens is 297 g/mol. The lowest BCUT2D eigenvalue weighted by molar-refractivity contribution is 0.182. The van der Waals surface area contributed by atoms with Crippen LogP contribution in [0.1, 0.15) is 17.3 Å². The largest absolute Gasteiger partial charge is 0.383 e. The monoisotopic (exact) mass is 313 g/mol. The van der Waals surface area contributed by atoms with Crippen molar-refractivity contribution in [1.29, 1.82) is 0 Å². The third kappa shape index (κ3) is 3.33. The molecule has 0 aliphatic heterocycles. The number of ether oxygens (including phenoxy) is 1. The van der Waals surface area contributed by atoms with Crippen molar-refractivity contribution in [3.8, 4) is 0 Å². The highest BCUT2D eigenvalue weighted by Gasteiger charge is 2.20. The molecule has 0 aliphatic rings. The van der Waals surface area contributed by atoms with Gasteiger partial charge in [-0.1, -0.05) is 35.3 Å². The average molecular weight is 314 g/mol. The van der Waals surface area contributed by atoms with E-state index in [0.717, 1.165) is 11.3 Å². The quantitative estimate of drug-likeness (QED) is 0.890. The van der Waals surface area contributed by atoms with Gasteiger partial charge in [-0.05, 0) is 24.7 Å². The normalized spacial score (nSPS) is 12.6. The van der Waals surface area contributed by atoms with Crippen LogP contribution in [-0.2, 0) is 11.3 Å². The van der Waals surface area contributed by atoms with Gasteiger partial charge in [0.2, 0.25) is 0 Å². The van der Waals surface area contributed by atoms with E-state index < -0.39 is 0 Å². The number of methoxy groups -OCH3 is 1. The summed E-state index contributed by atoms with van der Waals surface area (Å²) in [7, 11) is 3.55. The van der Waals surface area contributed by atoms with E-state index >= 15 is 0 Å². The number of hydrogen-bond acceptors (Lipinski definition) is 3. The minimum Gasteiger partial charge on any atom is -0.383 e. The molecule has 0 saturated heterocycles. The van der Waals surface area contributed by atoms with Crippen molar-refractivity contribution in [3.05, 3.63) is 51.8 Å². The van der Waals surface area contributed by atoms with Gasteiger partial charge in [-0.25, -0.2) is 0 Å². The molecule has 0 saturated carbocycles. The van der Waals surface area contributed by atoms with Gasteiger partial charge in [0.1, 0.15) is 0 Å². The Morgan fingerprint density at radius 2 is 2.20 bits per heavy atom. The molecule has 1 N–H and O–H groups in total. The summed E-state index contributed by atoms with van der Waals surface area (Å²) >= 11 is 12.4. The first-order valence-electron chi connectivity index (χ1n) is 6.30. The molecule has 0 aliphatic carbocycles. The summed E-state index contributed by atoms with van der Waals surface area (Å²) in [6.45, 7) is 1.23. The molecule has 0 amide bonds. The van der Waals surface area contributed by atoms with Crippen molar-refractivity contribution in [2.24, 2.45) is 0 Å². The number of halogens is 2. The maximum absolute atomic E-state index is 6.29. The van der Waals surface area contributed by atoms with Gasteiger partial charge in [-0.2, -0.15) is 5.10 Å². The van der Waals surface area contributed by atoms with E-state index in [4.69, 9.17) is 27.9 Å². The molecule has 20 heavy (non-hydrogen) atoms. The van der Waals surface area contributed by atoms with Crippen LogP contribution in [0.3, 0.4) is 0 Å². The summed E-state index contributed by atoms with van der Waals surface area (Å²) in [6, 6.07) is 7.64.